The molecule has 3 aromatic rings. The van der Waals surface area contributed by atoms with Gasteiger partial charge in [-0.15, -0.1) is 0 Å². The number of carbonyl (C=O) groups is 1. The van der Waals surface area contributed by atoms with Crippen LogP contribution in [0.1, 0.15) is 31.0 Å². The zero-order valence-corrected chi connectivity index (χ0v) is 18.0. The molecule has 1 aliphatic rings. The van der Waals surface area contributed by atoms with E-state index < -0.39 is 0 Å². The highest BCUT2D eigenvalue weighted by atomic mass is 16.1. The second-order valence-electron chi connectivity index (χ2n) is 7.87. The summed E-state index contributed by atoms with van der Waals surface area (Å²) in [6.07, 6.45) is 5.66. The molecule has 4 rings (SSSR count). The van der Waals surface area contributed by atoms with Gasteiger partial charge in [-0.05, 0) is 37.5 Å². The number of rotatable bonds is 7. The quantitative estimate of drug-likeness (QED) is 0.520. The van der Waals surface area contributed by atoms with Crippen molar-refractivity contribution in [3.8, 4) is 11.4 Å². The fraction of sp³-hybridized carbons (Fsp3) is 0.348. The molecule has 1 aliphatic heterocycles. The lowest BCUT2D eigenvalue weighted by molar-refractivity contribution is -0.122. The summed E-state index contributed by atoms with van der Waals surface area (Å²) in [5.74, 6) is 1.87. The van der Waals surface area contributed by atoms with Crippen LogP contribution in [0.4, 0.5) is 11.6 Å². The Balaban J connectivity index is 1.43. The van der Waals surface area contributed by atoms with Gasteiger partial charge >= 0.3 is 0 Å². The Morgan fingerprint density at radius 2 is 2.06 bits per heavy atom. The van der Waals surface area contributed by atoms with Gasteiger partial charge in [0, 0.05) is 60.8 Å². The van der Waals surface area contributed by atoms with Crippen molar-refractivity contribution >= 4 is 17.5 Å². The topological polar surface area (TPSA) is 130 Å². The van der Waals surface area contributed by atoms with Crippen LogP contribution in [0, 0.1) is 5.92 Å². The van der Waals surface area contributed by atoms with Crippen LogP contribution in [0.5, 0.6) is 0 Å². The third-order valence-electron chi connectivity index (χ3n) is 5.72. The molecule has 0 radical (unpaired) electrons. The van der Waals surface area contributed by atoms with Gasteiger partial charge in [0.2, 0.25) is 5.91 Å². The molecular weight excluding hydrogens is 406 g/mol. The Hall–Kier alpha value is -3.75. The molecule has 1 amide bonds. The van der Waals surface area contributed by atoms with E-state index in [2.05, 4.69) is 30.2 Å². The number of carbonyl (C=O) groups excluding carboxylic acids is 1. The maximum atomic E-state index is 11.8. The minimum atomic E-state index is -0.220. The molecule has 32 heavy (non-hydrogen) atoms. The van der Waals surface area contributed by atoms with Crippen LogP contribution in [0.2, 0.25) is 0 Å². The summed E-state index contributed by atoms with van der Waals surface area (Å²) < 4.78 is 0. The molecule has 0 bridgehead atoms. The fourth-order valence-electron chi connectivity index (χ4n) is 3.88. The van der Waals surface area contributed by atoms with E-state index >= 15 is 0 Å². The van der Waals surface area contributed by atoms with Crippen molar-refractivity contribution < 1.29 is 4.79 Å². The van der Waals surface area contributed by atoms with Crippen molar-refractivity contribution in [3.63, 3.8) is 0 Å². The van der Waals surface area contributed by atoms with E-state index in [1.807, 2.05) is 31.2 Å². The maximum absolute atomic E-state index is 11.8. The molecule has 9 nitrogen and oxygen atoms in total. The zero-order chi connectivity index (χ0) is 22.5. The van der Waals surface area contributed by atoms with Gasteiger partial charge in [0.05, 0.1) is 0 Å². The highest BCUT2D eigenvalue weighted by Gasteiger charge is 2.24. The molecule has 4 heterocycles. The van der Waals surface area contributed by atoms with Crippen LogP contribution in [0.3, 0.4) is 0 Å². The van der Waals surface area contributed by atoms with Gasteiger partial charge in [-0.1, -0.05) is 13.0 Å². The van der Waals surface area contributed by atoms with Crippen molar-refractivity contribution in [3.05, 3.63) is 64.3 Å². The predicted octanol–water partition coefficient (Wildman–Crippen LogP) is 2.10. The molecule has 0 atom stereocenters. The number of aromatic nitrogens is 4. The number of hydrogen-bond acceptors (Lipinski definition) is 7. The van der Waals surface area contributed by atoms with Crippen molar-refractivity contribution in [2.75, 3.05) is 23.3 Å². The van der Waals surface area contributed by atoms with Gasteiger partial charge in [0.15, 0.2) is 0 Å². The molecule has 3 aromatic heterocycles. The number of piperidine rings is 1. The van der Waals surface area contributed by atoms with E-state index in [0.717, 1.165) is 48.6 Å². The lowest BCUT2D eigenvalue weighted by Gasteiger charge is -2.32. The number of nitrogens with two attached hydrogens (primary N) is 1. The fourth-order valence-corrected chi connectivity index (χ4v) is 3.88. The Kier molecular flexibility index (Phi) is 6.44. The Bertz CT molecular complexity index is 1140. The van der Waals surface area contributed by atoms with E-state index in [1.165, 1.54) is 6.07 Å². The maximum Gasteiger partial charge on any atom is 0.251 e. The lowest BCUT2D eigenvalue weighted by Crippen LogP contribution is -2.39. The van der Waals surface area contributed by atoms with E-state index in [-0.39, 0.29) is 17.4 Å². The third-order valence-corrected chi connectivity index (χ3v) is 5.72. The lowest BCUT2D eigenvalue weighted by atomic mass is 9.96. The summed E-state index contributed by atoms with van der Waals surface area (Å²) >= 11 is 0. The van der Waals surface area contributed by atoms with Crippen LogP contribution >= 0.6 is 0 Å². The largest absolute Gasteiger partial charge is 0.369 e. The molecule has 9 heteroatoms. The van der Waals surface area contributed by atoms with Gasteiger partial charge in [-0.3, -0.25) is 9.59 Å². The molecule has 0 aliphatic carbocycles. The minimum absolute atomic E-state index is 0.0540. The first kappa shape index (κ1) is 21.5. The molecule has 0 unspecified atom stereocenters. The number of aromatic amines is 1. The number of primary amides is 1. The first-order valence-electron chi connectivity index (χ1n) is 10.8. The molecule has 166 valence electrons. The number of nitrogens with one attached hydrogen (secondary N) is 2. The number of nitrogens with zero attached hydrogens (tertiary/aromatic N) is 4. The third kappa shape index (κ3) is 4.93. The van der Waals surface area contributed by atoms with Crippen molar-refractivity contribution in [1.29, 1.82) is 0 Å². The molecular formula is C23H27N7O2. The van der Waals surface area contributed by atoms with Crippen LogP contribution in [0.15, 0.2) is 47.5 Å². The standard InChI is InChI=1S/C23H27N7O2/c1-2-18-12-20(31)29-22(28-18)16-5-6-19(26-13-16)27-14-17-4-3-9-25-23(17)30-10-7-15(8-11-30)21(24)32/h3-6,9,12-13,15H,2,7-8,10-11,14H2,1H3,(H2,24,32)(H,26,27)(H,28,29,31). The van der Waals surface area contributed by atoms with Gasteiger partial charge in [0.1, 0.15) is 17.5 Å². The molecule has 4 N–H and O–H groups in total. The van der Waals surface area contributed by atoms with E-state index in [1.54, 1.807) is 12.4 Å². The molecule has 1 fully saturated rings. The number of anilines is 2. The van der Waals surface area contributed by atoms with E-state index in [4.69, 9.17) is 5.73 Å². The smallest absolute Gasteiger partial charge is 0.251 e. The number of pyridine rings is 2. The second-order valence-corrected chi connectivity index (χ2v) is 7.87. The molecule has 0 aromatic carbocycles. The Morgan fingerprint density at radius 3 is 2.75 bits per heavy atom. The minimum Gasteiger partial charge on any atom is -0.369 e. The monoisotopic (exact) mass is 433 g/mol. The SMILES string of the molecule is CCc1cc(=O)[nH]c(-c2ccc(NCc3cccnc3N3CCC(C(N)=O)CC3)nc2)n1. The average Bonchev–Trinajstić information content (AvgIpc) is 2.83. The summed E-state index contributed by atoms with van der Waals surface area (Å²) in [4.78, 5) is 41.7. The van der Waals surface area contributed by atoms with Gasteiger partial charge in [0.25, 0.3) is 5.56 Å². The van der Waals surface area contributed by atoms with Crippen molar-refractivity contribution in [2.45, 2.75) is 32.7 Å². The van der Waals surface area contributed by atoms with Crippen LogP contribution < -0.4 is 21.5 Å². The summed E-state index contributed by atoms with van der Waals surface area (Å²) in [7, 11) is 0. The highest BCUT2D eigenvalue weighted by molar-refractivity contribution is 5.77. The Morgan fingerprint density at radius 1 is 1.25 bits per heavy atom. The van der Waals surface area contributed by atoms with Crippen molar-refractivity contribution in [2.24, 2.45) is 11.7 Å². The highest BCUT2D eigenvalue weighted by Crippen LogP contribution is 2.25. The Labute approximate surface area is 186 Å². The molecule has 0 spiro atoms. The predicted molar refractivity (Wildman–Crippen MR) is 123 cm³/mol. The summed E-state index contributed by atoms with van der Waals surface area (Å²) in [5.41, 5.74) is 7.83. The number of aryl methyl sites for hydroxylation is 1. The number of H-pyrrole nitrogens is 1. The number of amides is 1. The van der Waals surface area contributed by atoms with Gasteiger partial charge in [-0.25, -0.2) is 15.0 Å². The first-order chi connectivity index (χ1) is 15.5. The van der Waals surface area contributed by atoms with Gasteiger partial charge < -0.3 is 20.9 Å². The van der Waals surface area contributed by atoms with Crippen LogP contribution in [0.25, 0.3) is 11.4 Å². The molecule has 1 saturated heterocycles. The summed E-state index contributed by atoms with van der Waals surface area (Å²) in [6, 6.07) is 9.20. The normalized spacial score (nSPS) is 14.3. The van der Waals surface area contributed by atoms with Gasteiger partial charge in [-0.2, -0.15) is 0 Å². The van der Waals surface area contributed by atoms with E-state index in [9.17, 15) is 9.59 Å². The van der Waals surface area contributed by atoms with E-state index in [0.29, 0.717) is 24.6 Å². The molecule has 0 saturated carbocycles. The zero-order valence-electron chi connectivity index (χ0n) is 18.0. The summed E-state index contributed by atoms with van der Waals surface area (Å²) in [5, 5.41) is 3.34. The average molecular weight is 434 g/mol. The summed E-state index contributed by atoms with van der Waals surface area (Å²) in [6.45, 7) is 4.04. The second kappa shape index (κ2) is 9.59. The first-order valence-corrected chi connectivity index (χ1v) is 10.8. The van der Waals surface area contributed by atoms with Crippen LogP contribution in [-0.4, -0.2) is 38.9 Å². The van der Waals surface area contributed by atoms with Crippen LogP contribution in [-0.2, 0) is 17.8 Å². The van der Waals surface area contributed by atoms with Crippen molar-refractivity contribution in [1.82, 2.24) is 19.9 Å². The number of hydrogen-bond donors (Lipinski definition) is 3.